The molecule has 3 rings (SSSR count). The van der Waals surface area contributed by atoms with Crippen molar-refractivity contribution in [3.8, 4) is 0 Å². The summed E-state index contributed by atoms with van der Waals surface area (Å²) in [5.74, 6) is 0.634. The van der Waals surface area contributed by atoms with Gasteiger partial charge in [0.05, 0.1) is 18.2 Å². The Bertz CT molecular complexity index is 529. The van der Waals surface area contributed by atoms with Gasteiger partial charge in [-0.2, -0.15) is 0 Å². The van der Waals surface area contributed by atoms with E-state index in [1.54, 1.807) is 0 Å². The summed E-state index contributed by atoms with van der Waals surface area (Å²) in [6.07, 6.45) is 4.56. The Morgan fingerprint density at radius 1 is 1.43 bits per heavy atom. The lowest BCUT2D eigenvalue weighted by atomic mass is 9.84. The lowest BCUT2D eigenvalue weighted by Crippen LogP contribution is -2.56. The van der Waals surface area contributed by atoms with Crippen LogP contribution in [0.2, 0.25) is 0 Å². The number of aliphatic imine (C=N–C) groups is 1. The van der Waals surface area contributed by atoms with Crippen LogP contribution in [0.15, 0.2) is 33.7 Å². The minimum atomic E-state index is -0.00397. The molecule has 1 fully saturated rings. The molecule has 0 saturated carbocycles. The van der Waals surface area contributed by atoms with Gasteiger partial charge in [-0.1, -0.05) is 29.3 Å². The van der Waals surface area contributed by atoms with Gasteiger partial charge in [-0.05, 0) is 43.5 Å². The minimum Gasteiger partial charge on any atom is -0.378 e. The van der Waals surface area contributed by atoms with Gasteiger partial charge in [-0.15, -0.1) is 0 Å². The topological polar surface area (TPSA) is 50.9 Å². The van der Waals surface area contributed by atoms with Crippen LogP contribution in [-0.2, 0) is 4.74 Å². The van der Waals surface area contributed by atoms with Crippen LogP contribution in [0.5, 0.6) is 0 Å². The molecule has 1 saturated heterocycles. The Morgan fingerprint density at radius 3 is 2.90 bits per heavy atom. The van der Waals surface area contributed by atoms with Gasteiger partial charge in [0.15, 0.2) is 5.96 Å². The van der Waals surface area contributed by atoms with Gasteiger partial charge in [-0.25, -0.2) is 0 Å². The number of nitrogens with two attached hydrogens (primary N) is 1. The zero-order valence-electron chi connectivity index (χ0n) is 12.4. The number of halogens is 1. The van der Waals surface area contributed by atoms with Gasteiger partial charge in [0, 0.05) is 16.8 Å². The molecule has 0 aliphatic carbocycles. The van der Waals surface area contributed by atoms with Gasteiger partial charge in [0.1, 0.15) is 0 Å². The first kappa shape index (κ1) is 14.9. The highest BCUT2D eigenvalue weighted by Gasteiger charge is 2.46. The minimum absolute atomic E-state index is 0.00397. The molecule has 2 atom stereocenters. The number of guanidine groups is 1. The van der Waals surface area contributed by atoms with Gasteiger partial charge in [-0.3, -0.25) is 4.99 Å². The van der Waals surface area contributed by atoms with Crippen molar-refractivity contribution in [3.63, 3.8) is 0 Å². The lowest BCUT2D eigenvalue weighted by molar-refractivity contribution is -0.0180. The van der Waals surface area contributed by atoms with Crippen molar-refractivity contribution in [2.24, 2.45) is 10.7 Å². The smallest absolute Gasteiger partial charge is 0.196 e. The standard InChI is InChI=1S/C16H22BrN3O/c1-2-3-14-10-16(8-9-21-14)11-19-15(18)20(16)13-6-4-12(17)5-7-13/h4-7,14H,2-3,8-11H2,1H3,(H2,18,19). The fourth-order valence-electron chi connectivity index (χ4n) is 3.46. The molecule has 21 heavy (non-hydrogen) atoms. The van der Waals surface area contributed by atoms with E-state index in [1.165, 1.54) is 0 Å². The third-order valence-electron chi connectivity index (χ3n) is 4.46. The highest BCUT2D eigenvalue weighted by atomic mass is 79.9. The summed E-state index contributed by atoms with van der Waals surface area (Å²) in [5.41, 5.74) is 7.31. The second-order valence-electron chi connectivity index (χ2n) is 5.95. The van der Waals surface area contributed by atoms with E-state index in [-0.39, 0.29) is 5.54 Å². The van der Waals surface area contributed by atoms with Crippen molar-refractivity contribution in [1.29, 1.82) is 0 Å². The Kier molecular flexibility index (Phi) is 4.22. The third-order valence-corrected chi connectivity index (χ3v) is 4.99. The summed E-state index contributed by atoms with van der Waals surface area (Å²) in [4.78, 5) is 6.77. The molecular weight excluding hydrogens is 330 g/mol. The predicted molar refractivity (Wildman–Crippen MR) is 89.7 cm³/mol. The van der Waals surface area contributed by atoms with Crippen LogP contribution in [0, 0.1) is 0 Å². The summed E-state index contributed by atoms with van der Waals surface area (Å²) in [5, 5.41) is 0. The van der Waals surface area contributed by atoms with Crippen LogP contribution in [0.4, 0.5) is 5.69 Å². The number of anilines is 1. The molecule has 2 aliphatic heterocycles. The molecule has 2 N–H and O–H groups in total. The predicted octanol–water partition coefficient (Wildman–Crippen LogP) is 3.30. The monoisotopic (exact) mass is 351 g/mol. The molecule has 0 amide bonds. The van der Waals surface area contributed by atoms with Crippen LogP contribution in [0.1, 0.15) is 32.6 Å². The van der Waals surface area contributed by atoms with E-state index >= 15 is 0 Å². The van der Waals surface area contributed by atoms with Crippen molar-refractivity contribution in [1.82, 2.24) is 0 Å². The Balaban J connectivity index is 1.89. The van der Waals surface area contributed by atoms with Crippen molar-refractivity contribution < 1.29 is 4.74 Å². The summed E-state index contributed by atoms with van der Waals surface area (Å²) in [6, 6.07) is 8.31. The fraction of sp³-hybridized carbons (Fsp3) is 0.562. The fourth-order valence-corrected chi connectivity index (χ4v) is 3.73. The van der Waals surface area contributed by atoms with Crippen molar-refractivity contribution in [2.75, 3.05) is 18.1 Å². The molecule has 2 aliphatic rings. The Morgan fingerprint density at radius 2 is 2.19 bits per heavy atom. The summed E-state index contributed by atoms with van der Waals surface area (Å²) in [7, 11) is 0. The van der Waals surface area contributed by atoms with Crippen LogP contribution in [0.3, 0.4) is 0 Å². The van der Waals surface area contributed by atoms with Gasteiger partial charge in [0.25, 0.3) is 0 Å². The van der Waals surface area contributed by atoms with Gasteiger partial charge in [0.2, 0.25) is 0 Å². The first-order valence-electron chi connectivity index (χ1n) is 7.62. The number of hydrogen-bond acceptors (Lipinski definition) is 4. The van der Waals surface area contributed by atoms with E-state index in [0.29, 0.717) is 12.1 Å². The van der Waals surface area contributed by atoms with Crippen LogP contribution < -0.4 is 10.6 Å². The molecule has 4 nitrogen and oxygen atoms in total. The molecule has 0 radical (unpaired) electrons. The van der Waals surface area contributed by atoms with Crippen LogP contribution >= 0.6 is 15.9 Å². The normalized spacial score (nSPS) is 29.0. The third kappa shape index (κ3) is 2.81. The summed E-state index contributed by atoms with van der Waals surface area (Å²) in [6.45, 7) is 3.77. The molecular formula is C16H22BrN3O. The zero-order chi connectivity index (χ0) is 14.9. The molecule has 0 bridgehead atoms. The molecule has 1 spiro atoms. The Labute approximate surface area is 134 Å². The number of rotatable bonds is 3. The molecule has 1 aromatic carbocycles. The lowest BCUT2D eigenvalue weighted by Gasteiger charge is -2.44. The van der Waals surface area contributed by atoms with Crippen LogP contribution in [-0.4, -0.2) is 30.8 Å². The molecule has 5 heteroatoms. The highest BCUT2D eigenvalue weighted by molar-refractivity contribution is 9.10. The maximum atomic E-state index is 6.20. The molecule has 0 aromatic heterocycles. The van der Waals surface area contributed by atoms with E-state index in [9.17, 15) is 0 Å². The van der Waals surface area contributed by atoms with E-state index < -0.39 is 0 Å². The number of hydrogen-bond donors (Lipinski definition) is 1. The number of benzene rings is 1. The van der Waals surface area contributed by atoms with Crippen molar-refractivity contribution in [2.45, 2.75) is 44.2 Å². The highest BCUT2D eigenvalue weighted by Crippen LogP contribution is 2.39. The SMILES string of the molecule is CCCC1CC2(CCO1)CN=C(N)N2c1ccc(Br)cc1. The summed E-state index contributed by atoms with van der Waals surface area (Å²) < 4.78 is 6.99. The molecule has 114 valence electrons. The largest absolute Gasteiger partial charge is 0.378 e. The number of nitrogens with zero attached hydrogens (tertiary/aromatic N) is 2. The molecule has 1 aromatic rings. The van der Waals surface area contributed by atoms with E-state index in [2.05, 4.69) is 57.0 Å². The molecule has 2 heterocycles. The van der Waals surface area contributed by atoms with Gasteiger partial charge < -0.3 is 15.4 Å². The first-order valence-corrected chi connectivity index (χ1v) is 8.41. The number of ether oxygens (including phenoxy) is 1. The van der Waals surface area contributed by atoms with E-state index in [4.69, 9.17) is 10.5 Å². The van der Waals surface area contributed by atoms with Crippen molar-refractivity contribution >= 4 is 27.6 Å². The van der Waals surface area contributed by atoms with E-state index in [1.807, 2.05) is 0 Å². The quantitative estimate of drug-likeness (QED) is 0.908. The first-order chi connectivity index (χ1) is 10.1. The second-order valence-corrected chi connectivity index (χ2v) is 6.86. The average molecular weight is 352 g/mol. The zero-order valence-corrected chi connectivity index (χ0v) is 14.0. The Hall–Kier alpha value is -1.07. The van der Waals surface area contributed by atoms with Gasteiger partial charge >= 0.3 is 0 Å². The maximum absolute atomic E-state index is 6.20. The second kappa shape index (κ2) is 5.97. The molecule has 2 unspecified atom stereocenters. The maximum Gasteiger partial charge on any atom is 0.196 e. The van der Waals surface area contributed by atoms with Crippen molar-refractivity contribution in [3.05, 3.63) is 28.7 Å². The average Bonchev–Trinajstić information content (AvgIpc) is 2.77. The summed E-state index contributed by atoms with van der Waals surface area (Å²) >= 11 is 3.49. The van der Waals surface area contributed by atoms with Crippen LogP contribution in [0.25, 0.3) is 0 Å². The van der Waals surface area contributed by atoms with E-state index in [0.717, 1.165) is 49.0 Å².